The Balaban J connectivity index is 1.42. The van der Waals surface area contributed by atoms with Crippen LogP contribution in [0.5, 0.6) is 0 Å². The van der Waals surface area contributed by atoms with Gasteiger partial charge in [0.05, 0.1) is 32.6 Å². The molecule has 1 aromatic carbocycles. The molecule has 5 nitrogen and oxygen atoms in total. The highest BCUT2D eigenvalue weighted by atomic mass is 16.6. The summed E-state index contributed by atoms with van der Waals surface area (Å²) in [5, 5.41) is 8.43. The van der Waals surface area contributed by atoms with Crippen molar-refractivity contribution in [2.45, 2.75) is 25.5 Å². The van der Waals surface area contributed by atoms with Gasteiger partial charge in [-0.25, -0.2) is 4.68 Å². The third kappa shape index (κ3) is 3.79. The lowest BCUT2D eigenvalue weighted by atomic mass is 10.1. The van der Waals surface area contributed by atoms with Gasteiger partial charge >= 0.3 is 0 Å². The van der Waals surface area contributed by atoms with Gasteiger partial charge < -0.3 is 9.47 Å². The van der Waals surface area contributed by atoms with Crippen LogP contribution in [0.2, 0.25) is 0 Å². The summed E-state index contributed by atoms with van der Waals surface area (Å²) < 4.78 is 12.9. The van der Waals surface area contributed by atoms with E-state index in [4.69, 9.17) is 9.47 Å². The summed E-state index contributed by atoms with van der Waals surface area (Å²) in [5.41, 5.74) is 2.97. The molecule has 118 valence electrons. The molecule has 2 fully saturated rings. The first kappa shape index (κ1) is 14.4. The van der Waals surface area contributed by atoms with E-state index in [0.717, 1.165) is 16.8 Å². The van der Waals surface area contributed by atoms with Gasteiger partial charge in [0, 0.05) is 17.0 Å². The molecule has 0 bridgehead atoms. The topological polar surface area (TPSA) is 49.2 Å². The van der Waals surface area contributed by atoms with E-state index in [0.29, 0.717) is 32.3 Å². The predicted octanol–water partition coefficient (Wildman–Crippen LogP) is 2.12. The second-order valence-corrected chi connectivity index (χ2v) is 6.01. The maximum absolute atomic E-state index is 5.63. The lowest BCUT2D eigenvalue weighted by molar-refractivity contribution is -0.0947. The largest absolute Gasteiger partial charge is 0.376 e. The van der Waals surface area contributed by atoms with E-state index in [1.165, 1.54) is 12.8 Å². The third-order valence-corrected chi connectivity index (χ3v) is 3.99. The van der Waals surface area contributed by atoms with Crippen LogP contribution in [0.4, 0.5) is 0 Å². The molecule has 4 rings (SSSR count). The molecule has 2 heterocycles. The fourth-order valence-electron chi connectivity index (χ4n) is 2.51. The summed E-state index contributed by atoms with van der Waals surface area (Å²) >= 11 is 0. The van der Waals surface area contributed by atoms with Gasteiger partial charge in [0.15, 0.2) is 0 Å². The van der Waals surface area contributed by atoms with Gasteiger partial charge in [0.2, 0.25) is 0 Å². The molecule has 0 amide bonds. The first-order valence-corrected chi connectivity index (χ1v) is 8.08. The van der Waals surface area contributed by atoms with Crippen LogP contribution in [-0.4, -0.2) is 40.9 Å². The molecule has 23 heavy (non-hydrogen) atoms. The van der Waals surface area contributed by atoms with E-state index in [2.05, 4.69) is 22.2 Å². The Morgan fingerprint density at radius 3 is 2.78 bits per heavy atom. The van der Waals surface area contributed by atoms with E-state index in [1.54, 1.807) is 0 Å². The molecule has 2 aromatic rings. The van der Waals surface area contributed by atoms with E-state index in [1.807, 2.05) is 35.1 Å². The Kier molecular flexibility index (Phi) is 4.10. The third-order valence-electron chi connectivity index (χ3n) is 3.99. The summed E-state index contributed by atoms with van der Waals surface area (Å²) in [5.74, 6) is 7.12. The van der Waals surface area contributed by atoms with Gasteiger partial charge in [-0.3, -0.25) is 0 Å². The quantitative estimate of drug-likeness (QED) is 0.815. The molecule has 1 atom stereocenters. The van der Waals surface area contributed by atoms with Crippen molar-refractivity contribution in [2.75, 3.05) is 19.8 Å². The molecule has 1 saturated heterocycles. The first-order chi connectivity index (χ1) is 11.4. The Labute approximate surface area is 135 Å². The molecule has 1 aliphatic carbocycles. The normalized spacial score (nSPS) is 20.8. The number of ether oxygens (including phenoxy) is 2. The summed E-state index contributed by atoms with van der Waals surface area (Å²) in [7, 11) is 0. The molecule has 2 aliphatic rings. The zero-order valence-corrected chi connectivity index (χ0v) is 12.9. The van der Waals surface area contributed by atoms with Crippen molar-refractivity contribution in [2.24, 2.45) is 5.92 Å². The Morgan fingerprint density at radius 1 is 1.17 bits per heavy atom. The van der Waals surface area contributed by atoms with Gasteiger partial charge in [0.25, 0.3) is 0 Å². The van der Waals surface area contributed by atoms with Crippen LogP contribution >= 0.6 is 0 Å². The molecule has 5 heteroatoms. The van der Waals surface area contributed by atoms with Gasteiger partial charge in [-0.05, 0) is 25.0 Å². The minimum absolute atomic E-state index is 0.0541. The van der Waals surface area contributed by atoms with Crippen LogP contribution < -0.4 is 0 Å². The summed E-state index contributed by atoms with van der Waals surface area (Å²) in [4.78, 5) is 0. The average Bonchev–Trinajstić information content (AvgIpc) is 3.32. The van der Waals surface area contributed by atoms with Crippen molar-refractivity contribution in [3.8, 4) is 23.1 Å². The molecule has 0 radical (unpaired) electrons. The predicted molar refractivity (Wildman–Crippen MR) is 85.6 cm³/mol. The molecule has 1 aliphatic heterocycles. The standard InChI is InChI=1S/C18H19N3O2/c1-2-14(1)3-4-15-5-7-16(8-6-15)18-12-21(20-19-18)11-17-13-22-9-10-23-17/h5-8,12,14,17H,1-2,9-11,13H2/t17-/m0/s1. The van der Waals surface area contributed by atoms with Crippen molar-refractivity contribution in [3.63, 3.8) is 0 Å². The highest BCUT2D eigenvalue weighted by Crippen LogP contribution is 2.27. The maximum atomic E-state index is 5.63. The zero-order chi connectivity index (χ0) is 15.5. The first-order valence-electron chi connectivity index (χ1n) is 8.08. The minimum atomic E-state index is 0.0541. The van der Waals surface area contributed by atoms with Crippen molar-refractivity contribution in [3.05, 3.63) is 36.0 Å². The molecular formula is C18H19N3O2. The summed E-state index contributed by atoms with van der Waals surface area (Å²) in [6.07, 6.45) is 4.51. The van der Waals surface area contributed by atoms with E-state index >= 15 is 0 Å². The molecule has 0 unspecified atom stereocenters. The molecule has 0 N–H and O–H groups in total. The Bertz CT molecular complexity index is 717. The van der Waals surface area contributed by atoms with Crippen LogP contribution in [0.25, 0.3) is 11.3 Å². The minimum Gasteiger partial charge on any atom is -0.376 e. The van der Waals surface area contributed by atoms with Crippen LogP contribution in [-0.2, 0) is 16.0 Å². The number of benzene rings is 1. The Hall–Kier alpha value is -2.16. The highest BCUT2D eigenvalue weighted by Gasteiger charge is 2.18. The number of aromatic nitrogens is 3. The summed E-state index contributed by atoms with van der Waals surface area (Å²) in [6, 6.07) is 8.18. The number of hydrogen-bond acceptors (Lipinski definition) is 4. The van der Waals surface area contributed by atoms with Crippen LogP contribution in [0.3, 0.4) is 0 Å². The lowest BCUT2D eigenvalue weighted by Crippen LogP contribution is -2.32. The van der Waals surface area contributed by atoms with Crippen molar-refractivity contribution in [1.29, 1.82) is 0 Å². The van der Waals surface area contributed by atoms with Gasteiger partial charge in [-0.15, -0.1) is 5.10 Å². The fourth-order valence-corrected chi connectivity index (χ4v) is 2.51. The highest BCUT2D eigenvalue weighted by molar-refractivity contribution is 5.59. The molecular weight excluding hydrogens is 290 g/mol. The SMILES string of the molecule is C(#CC1CC1)c1ccc(-c2cn(C[C@H]3COCCO3)nn2)cc1. The maximum Gasteiger partial charge on any atom is 0.113 e. The van der Waals surface area contributed by atoms with E-state index in [9.17, 15) is 0 Å². The van der Waals surface area contributed by atoms with E-state index in [-0.39, 0.29) is 6.10 Å². The van der Waals surface area contributed by atoms with Crippen LogP contribution in [0.15, 0.2) is 30.5 Å². The second-order valence-electron chi connectivity index (χ2n) is 6.01. The molecule has 1 aromatic heterocycles. The fraction of sp³-hybridized carbons (Fsp3) is 0.444. The lowest BCUT2D eigenvalue weighted by Gasteiger charge is -2.22. The second kappa shape index (κ2) is 6.53. The Morgan fingerprint density at radius 2 is 2.04 bits per heavy atom. The van der Waals surface area contributed by atoms with Crippen LogP contribution in [0, 0.1) is 17.8 Å². The van der Waals surface area contributed by atoms with Gasteiger partial charge in [0.1, 0.15) is 11.8 Å². The van der Waals surface area contributed by atoms with Gasteiger partial charge in [-0.2, -0.15) is 0 Å². The zero-order valence-electron chi connectivity index (χ0n) is 12.9. The van der Waals surface area contributed by atoms with Crippen molar-refractivity contribution < 1.29 is 9.47 Å². The van der Waals surface area contributed by atoms with Crippen LogP contribution in [0.1, 0.15) is 18.4 Å². The molecule has 1 saturated carbocycles. The monoisotopic (exact) mass is 309 g/mol. The van der Waals surface area contributed by atoms with Gasteiger partial charge in [-0.1, -0.05) is 29.2 Å². The number of hydrogen-bond donors (Lipinski definition) is 0. The number of rotatable bonds is 3. The van der Waals surface area contributed by atoms with Crippen molar-refractivity contribution in [1.82, 2.24) is 15.0 Å². The number of nitrogens with zero attached hydrogens (tertiary/aromatic N) is 3. The van der Waals surface area contributed by atoms with E-state index < -0.39 is 0 Å². The molecule has 0 spiro atoms. The summed E-state index contributed by atoms with van der Waals surface area (Å²) in [6.45, 7) is 2.60. The average molecular weight is 309 g/mol. The van der Waals surface area contributed by atoms with Crippen molar-refractivity contribution >= 4 is 0 Å². The smallest absolute Gasteiger partial charge is 0.113 e.